The second-order valence-corrected chi connectivity index (χ2v) is 6.17. The van der Waals surface area contributed by atoms with E-state index < -0.39 is 11.7 Å². The summed E-state index contributed by atoms with van der Waals surface area (Å²) in [4.78, 5) is 35.3. The topological polar surface area (TPSA) is 99.8 Å². The second-order valence-electron chi connectivity index (χ2n) is 6.17. The Bertz CT molecular complexity index is 1040. The molecule has 0 fully saturated rings. The van der Waals surface area contributed by atoms with Crippen LogP contribution < -0.4 is 10.6 Å². The van der Waals surface area contributed by atoms with E-state index in [4.69, 9.17) is 0 Å². The fraction of sp³-hybridized carbons (Fsp3) is 0.158. The van der Waals surface area contributed by atoms with Gasteiger partial charge in [0, 0.05) is 23.5 Å². The number of amides is 2. The van der Waals surface area contributed by atoms with Crippen molar-refractivity contribution in [3.63, 3.8) is 0 Å². The zero-order valence-corrected chi connectivity index (χ0v) is 14.8. The number of hydrogen-bond donors (Lipinski definition) is 3. The summed E-state index contributed by atoms with van der Waals surface area (Å²) >= 11 is 0. The highest BCUT2D eigenvalue weighted by Crippen LogP contribution is 2.26. The van der Waals surface area contributed by atoms with Gasteiger partial charge in [-0.25, -0.2) is 14.4 Å². The second kappa shape index (κ2) is 7.36. The molecule has 2 amide bonds. The lowest BCUT2D eigenvalue weighted by molar-refractivity contribution is -0.111. The number of carbonyl (C=O) groups is 2. The zero-order valence-electron chi connectivity index (χ0n) is 14.8. The summed E-state index contributed by atoms with van der Waals surface area (Å²) in [6, 6.07) is 4.07. The standard InChI is InChI=1S/C19H18FN5O2/c1-4-16(26)24-11-5-6-14(20)12(7-11)15-9-22-18-17(25-15)13(8-21-18)19(27)23-10(2)3/h4-10H,1H2,2-3H3,(H,21,22)(H,23,27)(H,24,26). The van der Waals surface area contributed by atoms with Crippen molar-refractivity contribution in [1.82, 2.24) is 20.3 Å². The number of anilines is 1. The van der Waals surface area contributed by atoms with Gasteiger partial charge in [-0.2, -0.15) is 0 Å². The zero-order chi connectivity index (χ0) is 19.6. The molecule has 0 saturated heterocycles. The maximum atomic E-state index is 14.3. The van der Waals surface area contributed by atoms with Crippen LogP contribution in [0.2, 0.25) is 0 Å². The molecule has 3 rings (SSSR count). The summed E-state index contributed by atoms with van der Waals surface area (Å²) in [6.45, 7) is 7.08. The normalized spacial score (nSPS) is 10.8. The Balaban J connectivity index is 2.04. The summed E-state index contributed by atoms with van der Waals surface area (Å²) in [5.74, 6) is -1.23. The summed E-state index contributed by atoms with van der Waals surface area (Å²) in [6.07, 6.45) is 4.04. The Hall–Kier alpha value is -3.55. The Morgan fingerprint density at radius 3 is 2.81 bits per heavy atom. The lowest BCUT2D eigenvalue weighted by atomic mass is 10.1. The maximum Gasteiger partial charge on any atom is 0.255 e. The van der Waals surface area contributed by atoms with Gasteiger partial charge in [-0.1, -0.05) is 6.58 Å². The van der Waals surface area contributed by atoms with Gasteiger partial charge >= 0.3 is 0 Å². The molecule has 2 aromatic heterocycles. The van der Waals surface area contributed by atoms with Gasteiger partial charge in [0.2, 0.25) is 5.91 Å². The predicted octanol–water partition coefficient (Wildman–Crippen LogP) is 3.03. The molecule has 0 atom stereocenters. The lowest BCUT2D eigenvalue weighted by Crippen LogP contribution is -2.29. The number of nitrogens with zero attached hydrogens (tertiary/aromatic N) is 2. The average molecular weight is 367 g/mol. The number of rotatable bonds is 5. The van der Waals surface area contributed by atoms with Crippen LogP contribution in [0.15, 0.2) is 43.2 Å². The van der Waals surface area contributed by atoms with E-state index in [9.17, 15) is 14.0 Å². The molecule has 0 aliphatic carbocycles. The molecule has 0 unspecified atom stereocenters. The van der Waals surface area contributed by atoms with Crippen LogP contribution >= 0.6 is 0 Å². The third-order valence-electron chi connectivity index (χ3n) is 3.74. The quantitative estimate of drug-likeness (QED) is 0.604. The highest BCUT2D eigenvalue weighted by molar-refractivity contribution is 6.05. The molecule has 0 radical (unpaired) electrons. The minimum absolute atomic E-state index is 0.0406. The van der Waals surface area contributed by atoms with Crippen LogP contribution in [0.1, 0.15) is 24.2 Å². The van der Waals surface area contributed by atoms with Crippen LogP contribution in [0.3, 0.4) is 0 Å². The number of aromatic nitrogens is 3. The minimum atomic E-state index is -0.524. The maximum absolute atomic E-state index is 14.3. The first-order valence-electron chi connectivity index (χ1n) is 8.27. The van der Waals surface area contributed by atoms with E-state index in [0.717, 1.165) is 6.08 Å². The van der Waals surface area contributed by atoms with Crippen molar-refractivity contribution in [1.29, 1.82) is 0 Å². The molecule has 27 heavy (non-hydrogen) atoms. The van der Waals surface area contributed by atoms with Gasteiger partial charge in [0.15, 0.2) is 5.65 Å². The first-order valence-corrected chi connectivity index (χ1v) is 8.27. The van der Waals surface area contributed by atoms with Crippen LogP contribution in [-0.2, 0) is 4.79 Å². The Labute approximate surface area is 154 Å². The molecule has 0 spiro atoms. The Morgan fingerprint density at radius 2 is 2.11 bits per heavy atom. The van der Waals surface area contributed by atoms with Gasteiger partial charge < -0.3 is 15.6 Å². The van der Waals surface area contributed by atoms with Crippen molar-refractivity contribution in [3.8, 4) is 11.3 Å². The van der Waals surface area contributed by atoms with Gasteiger partial charge in [0.25, 0.3) is 5.91 Å². The van der Waals surface area contributed by atoms with E-state index in [-0.39, 0.29) is 23.2 Å². The molecule has 0 aliphatic rings. The predicted molar refractivity (Wildman–Crippen MR) is 101 cm³/mol. The van der Waals surface area contributed by atoms with Gasteiger partial charge in [-0.3, -0.25) is 9.59 Å². The highest BCUT2D eigenvalue weighted by Gasteiger charge is 2.17. The lowest BCUT2D eigenvalue weighted by Gasteiger charge is -2.08. The smallest absolute Gasteiger partial charge is 0.255 e. The van der Waals surface area contributed by atoms with E-state index in [1.807, 2.05) is 13.8 Å². The molecule has 0 aliphatic heterocycles. The van der Waals surface area contributed by atoms with E-state index in [0.29, 0.717) is 22.4 Å². The van der Waals surface area contributed by atoms with Crippen molar-refractivity contribution < 1.29 is 14.0 Å². The number of hydrogen-bond acceptors (Lipinski definition) is 4. The van der Waals surface area contributed by atoms with E-state index in [1.54, 1.807) is 0 Å². The average Bonchev–Trinajstić information content (AvgIpc) is 3.06. The van der Waals surface area contributed by atoms with Crippen molar-refractivity contribution >= 4 is 28.7 Å². The van der Waals surface area contributed by atoms with Crippen LogP contribution in [-0.4, -0.2) is 32.8 Å². The minimum Gasteiger partial charge on any atom is -0.350 e. The third-order valence-corrected chi connectivity index (χ3v) is 3.74. The molecular weight excluding hydrogens is 349 g/mol. The molecule has 2 heterocycles. The number of fused-ring (bicyclic) bond motifs is 1. The Morgan fingerprint density at radius 1 is 1.33 bits per heavy atom. The summed E-state index contributed by atoms with van der Waals surface area (Å²) < 4.78 is 14.3. The molecule has 3 aromatic rings. The van der Waals surface area contributed by atoms with Gasteiger partial charge in [-0.15, -0.1) is 0 Å². The SMILES string of the molecule is C=CC(=O)Nc1ccc(F)c(-c2cnc3[nH]cc(C(=O)NC(C)C)c3n2)c1. The van der Waals surface area contributed by atoms with E-state index >= 15 is 0 Å². The number of H-pyrrole nitrogens is 1. The summed E-state index contributed by atoms with van der Waals surface area (Å²) in [5.41, 5.74) is 1.87. The van der Waals surface area contributed by atoms with Crippen LogP contribution in [0, 0.1) is 5.82 Å². The van der Waals surface area contributed by atoms with Crippen LogP contribution in [0.5, 0.6) is 0 Å². The molecule has 1 aromatic carbocycles. The number of carbonyl (C=O) groups excluding carboxylic acids is 2. The molecule has 0 bridgehead atoms. The number of benzene rings is 1. The summed E-state index contributed by atoms with van der Waals surface area (Å²) in [7, 11) is 0. The molecule has 0 saturated carbocycles. The monoisotopic (exact) mass is 367 g/mol. The Kier molecular flexibility index (Phi) is 4.98. The molecule has 7 nitrogen and oxygen atoms in total. The van der Waals surface area contributed by atoms with E-state index in [1.165, 1.54) is 30.6 Å². The van der Waals surface area contributed by atoms with Crippen molar-refractivity contribution in [2.45, 2.75) is 19.9 Å². The molecular formula is C19H18FN5O2. The number of halogens is 1. The van der Waals surface area contributed by atoms with Crippen molar-refractivity contribution in [3.05, 3.63) is 54.6 Å². The number of aromatic amines is 1. The molecule has 8 heteroatoms. The first-order chi connectivity index (χ1) is 12.9. The van der Waals surface area contributed by atoms with Crippen molar-refractivity contribution in [2.75, 3.05) is 5.32 Å². The highest BCUT2D eigenvalue weighted by atomic mass is 19.1. The van der Waals surface area contributed by atoms with Crippen LogP contribution in [0.4, 0.5) is 10.1 Å². The van der Waals surface area contributed by atoms with Gasteiger partial charge in [0.05, 0.1) is 17.5 Å². The summed E-state index contributed by atoms with van der Waals surface area (Å²) in [5, 5.41) is 5.36. The first kappa shape index (κ1) is 18.2. The van der Waals surface area contributed by atoms with Crippen molar-refractivity contribution in [2.24, 2.45) is 0 Å². The molecule has 138 valence electrons. The number of nitrogens with one attached hydrogen (secondary N) is 3. The third kappa shape index (κ3) is 3.84. The van der Waals surface area contributed by atoms with Gasteiger partial charge in [-0.05, 0) is 38.1 Å². The molecule has 3 N–H and O–H groups in total. The fourth-order valence-electron chi connectivity index (χ4n) is 2.53. The van der Waals surface area contributed by atoms with Gasteiger partial charge in [0.1, 0.15) is 11.3 Å². The largest absolute Gasteiger partial charge is 0.350 e. The van der Waals surface area contributed by atoms with E-state index in [2.05, 4.69) is 32.2 Å². The fourth-order valence-corrected chi connectivity index (χ4v) is 2.53. The van der Waals surface area contributed by atoms with Crippen LogP contribution in [0.25, 0.3) is 22.4 Å².